The molecule has 0 radical (unpaired) electrons. The molecule has 0 aromatic heterocycles. The van der Waals surface area contributed by atoms with Gasteiger partial charge in [0, 0.05) is 17.3 Å². The van der Waals surface area contributed by atoms with Crippen molar-refractivity contribution in [2.45, 2.75) is 64.4 Å². The largest absolute Gasteiger partial charge is 0.493 e. The Morgan fingerprint density at radius 1 is 1.25 bits per heavy atom. The van der Waals surface area contributed by atoms with Gasteiger partial charge < -0.3 is 9.84 Å². The van der Waals surface area contributed by atoms with Gasteiger partial charge >= 0.3 is 0 Å². The molecule has 1 aromatic rings. The van der Waals surface area contributed by atoms with Gasteiger partial charge in [-0.1, -0.05) is 55.0 Å². The Kier molecular flexibility index (Phi) is 6.37. The number of ether oxygens (including phenoxy) is 1. The van der Waals surface area contributed by atoms with Crippen molar-refractivity contribution in [3.05, 3.63) is 27.7 Å². The second-order valence-corrected chi connectivity index (χ2v) is 6.63. The Balaban J connectivity index is 1.84. The Morgan fingerprint density at radius 2 is 2.05 bits per heavy atom. The summed E-state index contributed by atoms with van der Waals surface area (Å²) in [6.07, 6.45) is 8.55. The summed E-state index contributed by atoms with van der Waals surface area (Å²) in [5, 5.41) is 10.2. The number of unbranched alkanes of at least 4 members (excludes halogenated alkanes) is 4. The van der Waals surface area contributed by atoms with Crippen LogP contribution in [0.2, 0.25) is 0 Å². The molecular weight excluding hydrogens is 316 g/mol. The van der Waals surface area contributed by atoms with Gasteiger partial charge in [0.25, 0.3) is 0 Å². The molecule has 0 fully saturated rings. The summed E-state index contributed by atoms with van der Waals surface area (Å²) in [6.45, 7) is 2.99. The van der Waals surface area contributed by atoms with Crippen LogP contribution in [-0.4, -0.2) is 17.8 Å². The van der Waals surface area contributed by atoms with E-state index in [1.165, 1.54) is 31.2 Å². The molecule has 112 valence electrons. The maximum absolute atomic E-state index is 10.2. The smallest absolute Gasteiger partial charge is 0.125 e. The van der Waals surface area contributed by atoms with Crippen LogP contribution in [0, 0.1) is 0 Å². The van der Waals surface area contributed by atoms with Crippen molar-refractivity contribution >= 4 is 15.9 Å². The number of aliphatic hydroxyl groups excluding tert-OH is 1. The molecule has 20 heavy (non-hydrogen) atoms. The van der Waals surface area contributed by atoms with Crippen molar-refractivity contribution in [2.75, 3.05) is 6.61 Å². The summed E-state index contributed by atoms with van der Waals surface area (Å²) in [5.41, 5.74) is 2.41. The molecule has 1 unspecified atom stereocenters. The first-order valence-corrected chi connectivity index (χ1v) is 8.62. The van der Waals surface area contributed by atoms with E-state index in [-0.39, 0.29) is 6.10 Å². The van der Waals surface area contributed by atoms with Gasteiger partial charge in [-0.3, -0.25) is 0 Å². The summed E-state index contributed by atoms with van der Waals surface area (Å²) >= 11 is 3.55. The van der Waals surface area contributed by atoms with Crippen LogP contribution < -0.4 is 4.74 Å². The van der Waals surface area contributed by atoms with E-state index in [0.717, 1.165) is 41.7 Å². The fourth-order valence-corrected chi connectivity index (χ4v) is 3.39. The predicted octanol–water partition coefficient (Wildman–Crippen LogP) is 4.65. The summed E-state index contributed by atoms with van der Waals surface area (Å²) in [5.74, 6) is 1.01. The van der Waals surface area contributed by atoms with Crippen LogP contribution in [0.4, 0.5) is 0 Å². The van der Waals surface area contributed by atoms with E-state index >= 15 is 0 Å². The maximum Gasteiger partial charge on any atom is 0.125 e. The number of hydrogen-bond acceptors (Lipinski definition) is 2. The highest BCUT2D eigenvalue weighted by molar-refractivity contribution is 9.10. The first kappa shape index (κ1) is 15.8. The van der Waals surface area contributed by atoms with Gasteiger partial charge in [-0.25, -0.2) is 0 Å². The first-order chi connectivity index (χ1) is 9.70. The van der Waals surface area contributed by atoms with Crippen LogP contribution >= 0.6 is 15.9 Å². The second kappa shape index (κ2) is 8.04. The molecule has 1 atom stereocenters. The van der Waals surface area contributed by atoms with E-state index in [1.807, 2.05) is 0 Å². The van der Waals surface area contributed by atoms with E-state index in [9.17, 15) is 5.11 Å². The van der Waals surface area contributed by atoms with Crippen molar-refractivity contribution < 1.29 is 9.84 Å². The van der Waals surface area contributed by atoms with Gasteiger partial charge in [0.2, 0.25) is 0 Å². The number of benzene rings is 1. The summed E-state index contributed by atoms with van der Waals surface area (Å²) < 4.78 is 6.80. The molecule has 1 N–H and O–H groups in total. The summed E-state index contributed by atoms with van der Waals surface area (Å²) in [6, 6.07) is 4.22. The third-order valence-corrected chi connectivity index (χ3v) is 4.38. The Morgan fingerprint density at radius 3 is 2.85 bits per heavy atom. The van der Waals surface area contributed by atoms with E-state index in [2.05, 4.69) is 35.0 Å². The predicted molar refractivity (Wildman–Crippen MR) is 86.4 cm³/mol. The standard InChI is InChI=1S/C17H25BrO2/c1-2-3-4-5-6-7-16(19)12-14-11-15(18)10-13-8-9-20-17(13)14/h10-11,16,19H,2-9,12H2,1H3. The Hall–Kier alpha value is -0.540. The van der Waals surface area contributed by atoms with E-state index in [4.69, 9.17) is 4.74 Å². The van der Waals surface area contributed by atoms with Gasteiger partial charge in [-0.2, -0.15) is 0 Å². The lowest BCUT2D eigenvalue weighted by Crippen LogP contribution is -2.11. The summed E-state index contributed by atoms with van der Waals surface area (Å²) in [7, 11) is 0. The van der Waals surface area contributed by atoms with E-state index < -0.39 is 0 Å². The van der Waals surface area contributed by atoms with Crippen LogP contribution in [-0.2, 0) is 12.8 Å². The average Bonchev–Trinajstić information content (AvgIpc) is 2.86. The fourth-order valence-electron chi connectivity index (χ4n) is 2.84. The molecular formula is C17H25BrO2. The van der Waals surface area contributed by atoms with Gasteiger partial charge in [-0.15, -0.1) is 0 Å². The molecule has 0 aliphatic carbocycles. The van der Waals surface area contributed by atoms with Crippen LogP contribution in [0.1, 0.15) is 56.6 Å². The number of halogens is 1. The molecule has 0 amide bonds. The van der Waals surface area contributed by atoms with Crippen LogP contribution in [0.3, 0.4) is 0 Å². The van der Waals surface area contributed by atoms with Gasteiger partial charge in [0.15, 0.2) is 0 Å². The topological polar surface area (TPSA) is 29.5 Å². The van der Waals surface area contributed by atoms with Crippen molar-refractivity contribution in [1.29, 1.82) is 0 Å². The third kappa shape index (κ3) is 4.49. The SMILES string of the molecule is CCCCCCCC(O)Cc1cc(Br)cc2c1OCC2. The Labute approximate surface area is 130 Å². The van der Waals surface area contributed by atoms with Gasteiger partial charge in [-0.05, 0) is 29.7 Å². The number of fused-ring (bicyclic) bond motifs is 1. The van der Waals surface area contributed by atoms with Gasteiger partial charge in [0.05, 0.1) is 12.7 Å². The lowest BCUT2D eigenvalue weighted by atomic mass is 9.99. The molecule has 0 spiro atoms. The molecule has 2 rings (SSSR count). The molecule has 2 nitrogen and oxygen atoms in total. The quantitative estimate of drug-likeness (QED) is 0.698. The zero-order valence-corrected chi connectivity index (χ0v) is 13.9. The molecule has 1 aromatic carbocycles. The molecule has 1 aliphatic heterocycles. The van der Waals surface area contributed by atoms with Crippen LogP contribution in [0.15, 0.2) is 16.6 Å². The minimum absolute atomic E-state index is 0.251. The summed E-state index contributed by atoms with van der Waals surface area (Å²) in [4.78, 5) is 0. The van der Waals surface area contributed by atoms with Gasteiger partial charge in [0.1, 0.15) is 5.75 Å². The number of hydrogen-bond donors (Lipinski definition) is 1. The lowest BCUT2D eigenvalue weighted by molar-refractivity contribution is 0.159. The Bertz CT molecular complexity index is 431. The monoisotopic (exact) mass is 340 g/mol. The van der Waals surface area contributed by atoms with Crippen molar-refractivity contribution in [3.63, 3.8) is 0 Å². The zero-order chi connectivity index (χ0) is 14.4. The van der Waals surface area contributed by atoms with Crippen LogP contribution in [0.25, 0.3) is 0 Å². The van der Waals surface area contributed by atoms with E-state index in [0.29, 0.717) is 6.42 Å². The highest BCUT2D eigenvalue weighted by atomic mass is 79.9. The molecule has 0 saturated heterocycles. The molecule has 1 aliphatic rings. The van der Waals surface area contributed by atoms with Crippen molar-refractivity contribution in [3.8, 4) is 5.75 Å². The molecule has 0 saturated carbocycles. The lowest BCUT2D eigenvalue weighted by Gasteiger charge is -2.14. The fraction of sp³-hybridized carbons (Fsp3) is 0.647. The molecule has 3 heteroatoms. The third-order valence-electron chi connectivity index (χ3n) is 3.92. The van der Waals surface area contributed by atoms with E-state index in [1.54, 1.807) is 0 Å². The zero-order valence-electron chi connectivity index (χ0n) is 12.3. The minimum Gasteiger partial charge on any atom is -0.493 e. The van der Waals surface area contributed by atoms with Crippen molar-refractivity contribution in [2.24, 2.45) is 0 Å². The maximum atomic E-state index is 10.2. The normalized spacial score (nSPS) is 14.9. The van der Waals surface area contributed by atoms with Crippen molar-refractivity contribution in [1.82, 2.24) is 0 Å². The highest BCUT2D eigenvalue weighted by Gasteiger charge is 2.19. The van der Waals surface area contributed by atoms with Crippen LogP contribution in [0.5, 0.6) is 5.75 Å². The first-order valence-electron chi connectivity index (χ1n) is 7.83. The number of aliphatic hydroxyl groups is 1. The molecule has 0 bridgehead atoms. The number of rotatable bonds is 8. The molecule has 1 heterocycles. The second-order valence-electron chi connectivity index (χ2n) is 5.71. The highest BCUT2D eigenvalue weighted by Crippen LogP contribution is 2.34. The average molecular weight is 341 g/mol. The minimum atomic E-state index is -0.251.